The average molecular weight is 331 g/mol. The molecule has 23 heavy (non-hydrogen) atoms. The Balaban J connectivity index is 0.00000192. The first-order valence-corrected chi connectivity index (χ1v) is 7.77. The van der Waals surface area contributed by atoms with Crippen LogP contribution in [0.15, 0.2) is 48.5 Å². The van der Waals surface area contributed by atoms with Crippen molar-refractivity contribution in [2.24, 2.45) is 5.92 Å². The maximum absolute atomic E-state index is 5.92. The van der Waals surface area contributed by atoms with Crippen LogP contribution in [0.3, 0.4) is 0 Å². The standard InChI is InChI=1S/C19H22N2O.ClH/c1-14(2)12-21-18-7-5-4-6-17(18)20-19(21)13-22-16-10-8-15(3)9-11-16;/h4-11,14H,12-13H2,1-3H3;1H. The van der Waals surface area contributed by atoms with Crippen molar-refractivity contribution < 1.29 is 4.74 Å². The van der Waals surface area contributed by atoms with E-state index >= 15 is 0 Å². The number of halogens is 1. The highest BCUT2D eigenvalue weighted by Crippen LogP contribution is 2.20. The molecule has 3 nitrogen and oxygen atoms in total. The number of hydrogen-bond donors (Lipinski definition) is 0. The molecule has 122 valence electrons. The van der Waals surface area contributed by atoms with Crippen molar-refractivity contribution in [3.05, 3.63) is 59.9 Å². The zero-order valence-electron chi connectivity index (χ0n) is 13.8. The van der Waals surface area contributed by atoms with Crippen LogP contribution in [0.5, 0.6) is 5.75 Å². The predicted molar refractivity (Wildman–Crippen MR) is 97.3 cm³/mol. The van der Waals surface area contributed by atoms with Gasteiger partial charge in [-0.15, -0.1) is 12.4 Å². The number of ether oxygens (including phenoxy) is 1. The van der Waals surface area contributed by atoms with Crippen molar-refractivity contribution in [3.63, 3.8) is 0 Å². The lowest BCUT2D eigenvalue weighted by Gasteiger charge is -2.12. The van der Waals surface area contributed by atoms with Gasteiger partial charge in [-0.05, 0) is 37.1 Å². The normalized spacial score (nSPS) is 10.8. The van der Waals surface area contributed by atoms with Crippen LogP contribution < -0.4 is 4.74 Å². The first-order valence-electron chi connectivity index (χ1n) is 7.77. The summed E-state index contributed by atoms with van der Waals surface area (Å²) < 4.78 is 8.19. The van der Waals surface area contributed by atoms with Gasteiger partial charge >= 0.3 is 0 Å². The minimum absolute atomic E-state index is 0. The molecule has 3 aromatic rings. The predicted octanol–water partition coefficient (Wildman–Crippen LogP) is 5.00. The van der Waals surface area contributed by atoms with Crippen molar-refractivity contribution in [1.82, 2.24) is 9.55 Å². The van der Waals surface area contributed by atoms with Crippen molar-refractivity contribution in [3.8, 4) is 5.75 Å². The summed E-state index contributed by atoms with van der Waals surface area (Å²) in [5.41, 5.74) is 3.45. The van der Waals surface area contributed by atoms with Crippen molar-refractivity contribution in [2.75, 3.05) is 0 Å². The Labute approximate surface area is 143 Å². The van der Waals surface area contributed by atoms with Crippen LogP contribution in [0, 0.1) is 12.8 Å². The van der Waals surface area contributed by atoms with Gasteiger partial charge in [0.2, 0.25) is 0 Å². The van der Waals surface area contributed by atoms with Crippen LogP contribution in [-0.2, 0) is 13.2 Å². The van der Waals surface area contributed by atoms with Crippen LogP contribution >= 0.6 is 12.4 Å². The Kier molecular flexibility index (Phi) is 5.67. The number of imidazole rings is 1. The average Bonchev–Trinajstić information content (AvgIpc) is 2.84. The second-order valence-corrected chi connectivity index (χ2v) is 6.12. The van der Waals surface area contributed by atoms with E-state index < -0.39 is 0 Å². The molecule has 0 aliphatic heterocycles. The summed E-state index contributed by atoms with van der Waals surface area (Å²) in [4.78, 5) is 4.74. The Hall–Kier alpha value is -2.00. The molecule has 0 amide bonds. The second kappa shape index (κ2) is 7.51. The Bertz CT molecular complexity index is 763. The fraction of sp³-hybridized carbons (Fsp3) is 0.316. The molecule has 4 heteroatoms. The molecule has 0 spiro atoms. The zero-order chi connectivity index (χ0) is 15.5. The number of hydrogen-bond acceptors (Lipinski definition) is 2. The minimum atomic E-state index is 0. The SMILES string of the molecule is Cc1ccc(OCc2nc3ccccc3n2CC(C)C)cc1.Cl. The third kappa shape index (κ3) is 4.05. The van der Waals surface area contributed by atoms with E-state index in [1.54, 1.807) is 0 Å². The van der Waals surface area contributed by atoms with E-state index in [-0.39, 0.29) is 12.4 Å². The van der Waals surface area contributed by atoms with Crippen LogP contribution in [0.25, 0.3) is 11.0 Å². The Morgan fingerprint density at radius 1 is 1.04 bits per heavy atom. The van der Waals surface area contributed by atoms with Gasteiger partial charge in [0, 0.05) is 6.54 Å². The molecule has 0 fully saturated rings. The van der Waals surface area contributed by atoms with E-state index in [0.717, 1.165) is 23.6 Å². The molecule has 1 aromatic heterocycles. The number of fused-ring (bicyclic) bond motifs is 1. The van der Waals surface area contributed by atoms with Crippen molar-refractivity contribution >= 4 is 23.4 Å². The molecule has 0 radical (unpaired) electrons. The summed E-state index contributed by atoms with van der Waals surface area (Å²) in [6, 6.07) is 16.4. The van der Waals surface area contributed by atoms with Gasteiger partial charge in [0.05, 0.1) is 11.0 Å². The van der Waals surface area contributed by atoms with E-state index in [1.165, 1.54) is 11.1 Å². The fourth-order valence-corrected chi connectivity index (χ4v) is 2.59. The van der Waals surface area contributed by atoms with Gasteiger partial charge in [-0.2, -0.15) is 0 Å². The van der Waals surface area contributed by atoms with E-state index in [9.17, 15) is 0 Å². The number of para-hydroxylation sites is 2. The highest BCUT2D eigenvalue weighted by atomic mass is 35.5. The van der Waals surface area contributed by atoms with Crippen molar-refractivity contribution in [2.45, 2.75) is 33.9 Å². The van der Waals surface area contributed by atoms with Gasteiger partial charge in [-0.25, -0.2) is 4.98 Å². The fourth-order valence-electron chi connectivity index (χ4n) is 2.59. The molecule has 0 unspecified atom stereocenters. The smallest absolute Gasteiger partial charge is 0.148 e. The van der Waals surface area contributed by atoms with Crippen LogP contribution in [0.4, 0.5) is 0 Å². The molecule has 0 bridgehead atoms. The first-order chi connectivity index (χ1) is 10.6. The van der Waals surface area contributed by atoms with E-state index in [0.29, 0.717) is 12.5 Å². The maximum Gasteiger partial charge on any atom is 0.148 e. The van der Waals surface area contributed by atoms with Gasteiger partial charge in [0.1, 0.15) is 18.2 Å². The zero-order valence-corrected chi connectivity index (χ0v) is 14.6. The van der Waals surface area contributed by atoms with Gasteiger partial charge < -0.3 is 9.30 Å². The minimum Gasteiger partial charge on any atom is -0.486 e. The monoisotopic (exact) mass is 330 g/mol. The number of nitrogens with zero attached hydrogens (tertiary/aromatic N) is 2. The lowest BCUT2D eigenvalue weighted by Crippen LogP contribution is -2.11. The van der Waals surface area contributed by atoms with Crippen LogP contribution in [0.1, 0.15) is 25.2 Å². The molecule has 0 aliphatic rings. The molecule has 0 N–H and O–H groups in total. The summed E-state index contributed by atoms with van der Waals surface area (Å²) >= 11 is 0. The molecule has 1 heterocycles. The lowest BCUT2D eigenvalue weighted by atomic mass is 10.2. The number of benzene rings is 2. The third-order valence-electron chi connectivity index (χ3n) is 3.67. The second-order valence-electron chi connectivity index (χ2n) is 6.12. The summed E-state index contributed by atoms with van der Waals surface area (Å²) in [6.45, 7) is 7.96. The summed E-state index contributed by atoms with van der Waals surface area (Å²) in [7, 11) is 0. The quantitative estimate of drug-likeness (QED) is 0.658. The Morgan fingerprint density at radius 3 is 2.43 bits per heavy atom. The molecular formula is C19H23ClN2O. The summed E-state index contributed by atoms with van der Waals surface area (Å²) in [6.07, 6.45) is 0. The third-order valence-corrected chi connectivity index (χ3v) is 3.67. The highest BCUT2D eigenvalue weighted by Gasteiger charge is 2.12. The first kappa shape index (κ1) is 17.4. The van der Waals surface area contributed by atoms with Gasteiger partial charge in [0.15, 0.2) is 0 Å². The van der Waals surface area contributed by atoms with Crippen molar-refractivity contribution in [1.29, 1.82) is 0 Å². The van der Waals surface area contributed by atoms with E-state index in [4.69, 9.17) is 9.72 Å². The summed E-state index contributed by atoms with van der Waals surface area (Å²) in [5.74, 6) is 2.43. The number of aryl methyl sites for hydroxylation is 1. The van der Waals surface area contributed by atoms with E-state index in [2.05, 4.69) is 55.7 Å². The molecular weight excluding hydrogens is 308 g/mol. The molecule has 0 atom stereocenters. The molecule has 0 saturated heterocycles. The van der Waals surface area contributed by atoms with Crippen LogP contribution in [-0.4, -0.2) is 9.55 Å². The Morgan fingerprint density at radius 2 is 1.74 bits per heavy atom. The van der Waals surface area contributed by atoms with Gasteiger partial charge in [-0.3, -0.25) is 0 Å². The lowest BCUT2D eigenvalue weighted by molar-refractivity contribution is 0.287. The number of aromatic nitrogens is 2. The van der Waals surface area contributed by atoms with Crippen LogP contribution in [0.2, 0.25) is 0 Å². The molecule has 2 aromatic carbocycles. The molecule has 3 rings (SSSR count). The molecule has 0 aliphatic carbocycles. The highest BCUT2D eigenvalue weighted by molar-refractivity contribution is 5.85. The van der Waals surface area contributed by atoms with Gasteiger partial charge in [-0.1, -0.05) is 43.7 Å². The van der Waals surface area contributed by atoms with E-state index in [1.807, 2.05) is 18.2 Å². The van der Waals surface area contributed by atoms with Gasteiger partial charge in [0.25, 0.3) is 0 Å². The number of rotatable bonds is 5. The maximum atomic E-state index is 5.92. The topological polar surface area (TPSA) is 27.1 Å². The summed E-state index contributed by atoms with van der Waals surface area (Å²) in [5, 5.41) is 0. The largest absolute Gasteiger partial charge is 0.486 e. The molecule has 0 saturated carbocycles.